The molecule has 27 heavy (non-hydrogen) atoms. The summed E-state index contributed by atoms with van der Waals surface area (Å²) in [6.07, 6.45) is 0. The molecule has 2 aromatic carbocycles. The van der Waals surface area contributed by atoms with Gasteiger partial charge in [-0.1, -0.05) is 0 Å². The van der Waals surface area contributed by atoms with E-state index in [1.54, 1.807) is 58.2 Å². The Bertz CT molecular complexity index is 893. The summed E-state index contributed by atoms with van der Waals surface area (Å²) in [7, 11) is -2.00. The first-order chi connectivity index (χ1) is 12.7. The lowest BCUT2D eigenvalue weighted by atomic mass is 10.2. The molecular formula is C19H24N2O5S. The van der Waals surface area contributed by atoms with Crippen LogP contribution in [-0.2, 0) is 14.8 Å². The Hall–Kier alpha value is -2.58. The minimum Gasteiger partial charge on any atom is -0.497 e. The van der Waals surface area contributed by atoms with Gasteiger partial charge >= 0.3 is 0 Å². The van der Waals surface area contributed by atoms with Crippen molar-refractivity contribution >= 4 is 21.6 Å². The van der Waals surface area contributed by atoms with Crippen molar-refractivity contribution in [2.24, 2.45) is 0 Å². The number of anilines is 1. The number of hydrogen-bond donors (Lipinski definition) is 2. The third-order valence-corrected chi connectivity index (χ3v) is 5.24. The highest BCUT2D eigenvalue weighted by molar-refractivity contribution is 7.89. The predicted octanol–water partition coefficient (Wildman–Crippen LogP) is 2.71. The van der Waals surface area contributed by atoms with Crippen LogP contribution in [0.2, 0.25) is 0 Å². The zero-order valence-corrected chi connectivity index (χ0v) is 16.6. The van der Waals surface area contributed by atoms with E-state index < -0.39 is 10.0 Å². The van der Waals surface area contributed by atoms with E-state index in [4.69, 9.17) is 9.47 Å². The normalized spacial score (nSPS) is 11.3. The SMILES string of the molecule is COc1ccc(NC(=O)COc2ccc(S(=O)(=O)NC(C)C)cc2C)cc1. The number of carbonyl (C=O) groups is 1. The van der Waals surface area contributed by atoms with Crippen molar-refractivity contribution in [3.63, 3.8) is 0 Å². The van der Waals surface area contributed by atoms with E-state index in [0.717, 1.165) is 0 Å². The fourth-order valence-electron chi connectivity index (χ4n) is 2.34. The van der Waals surface area contributed by atoms with Crippen LogP contribution in [0.4, 0.5) is 5.69 Å². The van der Waals surface area contributed by atoms with E-state index in [1.165, 1.54) is 12.1 Å². The summed E-state index contributed by atoms with van der Waals surface area (Å²) in [5.41, 5.74) is 1.25. The van der Waals surface area contributed by atoms with Gasteiger partial charge in [0.2, 0.25) is 10.0 Å². The van der Waals surface area contributed by atoms with E-state index in [0.29, 0.717) is 22.7 Å². The molecule has 7 nitrogen and oxygen atoms in total. The van der Waals surface area contributed by atoms with Gasteiger partial charge in [-0.05, 0) is 68.8 Å². The van der Waals surface area contributed by atoms with Crippen molar-refractivity contribution in [1.29, 1.82) is 0 Å². The van der Waals surface area contributed by atoms with Crippen molar-refractivity contribution in [2.75, 3.05) is 19.0 Å². The summed E-state index contributed by atoms with van der Waals surface area (Å²) in [6, 6.07) is 11.2. The quantitative estimate of drug-likeness (QED) is 0.720. The maximum Gasteiger partial charge on any atom is 0.262 e. The number of aryl methyl sites for hydroxylation is 1. The van der Waals surface area contributed by atoms with Crippen LogP contribution < -0.4 is 19.5 Å². The zero-order chi connectivity index (χ0) is 20.0. The fraction of sp³-hybridized carbons (Fsp3) is 0.316. The summed E-state index contributed by atoms with van der Waals surface area (Å²) >= 11 is 0. The minimum absolute atomic E-state index is 0.156. The van der Waals surface area contributed by atoms with Gasteiger partial charge in [-0.2, -0.15) is 0 Å². The highest BCUT2D eigenvalue weighted by atomic mass is 32.2. The summed E-state index contributed by atoms with van der Waals surface area (Å²) in [5.74, 6) is 0.822. The van der Waals surface area contributed by atoms with Crippen molar-refractivity contribution in [1.82, 2.24) is 4.72 Å². The molecule has 0 aliphatic rings. The Balaban J connectivity index is 1.98. The maximum absolute atomic E-state index is 12.2. The molecular weight excluding hydrogens is 368 g/mol. The van der Waals surface area contributed by atoms with E-state index in [1.807, 2.05) is 0 Å². The van der Waals surface area contributed by atoms with Crippen LogP contribution >= 0.6 is 0 Å². The zero-order valence-electron chi connectivity index (χ0n) is 15.8. The van der Waals surface area contributed by atoms with Gasteiger partial charge in [0.1, 0.15) is 11.5 Å². The molecule has 0 atom stereocenters. The Morgan fingerprint density at radius 2 is 1.78 bits per heavy atom. The second-order valence-corrected chi connectivity index (χ2v) is 7.98. The van der Waals surface area contributed by atoms with E-state index in [9.17, 15) is 13.2 Å². The maximum atomic E-state index is 12.2. The van der Waals surface area contributed by atoms with Crippen LogP contribution in [-0.4, -0.2) is 34.1 Å². The molecule has 2 N–H and O–H groups in total. The average Bonchev–Trinajstić information content (AvgIpc) is 2.60. The number of methoxy groups -OCH3 is 1. The van der Waals surface area contributed by atoms with Crippen LogP contribution in [0, 0.1) is 6.92 Å². The topological polar surface area (TPSA) is 93.7 Å². The number of rotatable bonds is 8. The molecule has 0 heterocycles. The molecule has 8 heteroatoms. The van der Waals surface area contributed by atoms with Gasteiger partial charge in [-0.25, -0.2) is 13.1 Å². The van der Waals surface area contributed by atoms with Crippen LogP contribution in [0.5, 0.6) is 11.5 Å². The molecule has 0 unspecified atom stereocenters. The Labute approximate surface area is 159 Å². The van der Waals surface area contributed by atoms with Gasteiger partial charge in [0.15, 0.2) is 6.61 Å². The smallest absolute Gasteiger partial charge is 0.262 e. The molecule has 0 aliphatic carbocycles. The number of sulfonamides is 1. The van der Waals surface area contributed by atoms with Gasteiger partial charge in [-0.15, -0.1) is 0 Å². The van der Waals surface area contributed by atoms with Crippen molar-refractivity contribution in [2.45, 2.75) is 31.7 Å². The van der Waals surface area contributed by atoms with Gasteiger partial charge in [0.05, 0.1) is 12.0 Å². The number of ether oxygens (including phenoxy) is 2. The van der Waals surface area contributed by atoms with Crippen molar-refractivity contribution in [3.8, 4) is 11.5 Å². The van der Waals surface area contributed by atoms with E-state index in [-0.39, 0.29) is 23.5 Å². The van der Waals surface area contributed by atoms with E-state index >= 15 is 0 Å². The van der Waals surface area contributed by atoms with Crippen LogP contribution in [0.1, 0.15) is 19.4 Å². The highest BCUT2D eigenvalue weighted by Crippen LogP contribution is 2.22. The fourth-order valence-corrected chi connectivity index (χ4v) is 3.68. The van der Waals surface area contributed by atoms with Gasteiger partial charge < -0.3 is 14.8 Å². The minimum atomic E-state index is -3.57. The summed E-state index contributed by atoms with van der Waals surface area (Å²) in [4.78, 5) is 12.2. The number of carbonyl (C=O) groups excluding carboxylic acids is 1. The van der Waals surface area contributed by atoms with Crippen LogP contribution in [0.15, 0.2) is 47.4 Å². The highest BCUT2D eigenvalue weighted by Gasteiger charge is 2.17. The molecule has 146 valence electrons. The number of benzene rings is 2. The molecule has 0 radical (unpaired) electrons. The molecule has 0 aliphatic heterocycles. The van der Waals surface area contributed by atoms with Gasteiger partial charge in [-0.3, -0.25) is 4.79 Å². The third kappa shape index (κ3) is 5.97. The number of nitrogens with one attached hydrogen (secondary N) is 2. The third-order valence-electron chi connectivity index (χ3n) is 3.58. The molecule has 0 aromatic heterocycles. The molecule has 0 spiro atoms. The predicted molar refractivity (Wildman–Crippen MR) is 104 cm³/mol. The second kappa shape index (κ2) is 8.88. The Morgan fingerprint density at radius 1 is 1.11 bits per heavy atom. The first-order valence-electron chi connectivity index (χ1n) is 8.41. The lowest BCUT2D eigenvalue weighted by Gasteiger charge is -2.13. The molecule has 2 aromatic rings. The number of hydrogen-bond acceptors (Lipinski definition) is 5. The molecule has 0 bridgehead atoms. The van der Waals surface area contributed by atoms with Crippen molar-refractivity contribution in [3.05, 3.63) is 48.0 Å². The monoisotopic (exact) mass is 392 g/mol. The summed E-state index contributed by atoms with van der Waals surface area (Å²) < 4.78 is 37.5. The summed E-state index contributed by atoms with van der Waals surface area (Å²) in [5, 5.41) is 2.71. The lowest BCUT2D eigenvalue weighted by Crippen LogP contribution is -2.30. The van der Waals surface area contributed by atoms with Crippen molar-refractivity contribution < 1.29 is 22.7 Å². The first kappa shape index (κ1) is 20.7. The molecule has 0 fully saturated rings. The molecule has 0 saturated carbocycles. The largest absolute Gasteiger partial charge is 0.497 e. The van der Waals surface area contributed by atoms with Gasteiger partial charge in [0, 0.05) is 11.7 Å². The molecule has 1 amide bonds. The first-order valence-corrected chi connectivity index (χ1v) is 9.89. The Morgan fingerprint density at radius 3 is 2.33 bits per heavy atom. The second-order valence-electron chi connectivity index (χ2n) is 6.27. The standard InChI is InChI=1S/C19H24N2O5S/c1-13(2)21-27(23,24)17-9-10-18(14(3)11-17)26-12-19(22)20-15-5-7-16(25-4)8-6-15/h5-11,13,21H,12H2,1-4H3,(H,20,22). The van der Waals surface area contributed by atoms with Crippen LogP contribution in [0.25, 0.3) is 0 Å². The van der Waals surface area contributed by atoms with E-state index in [2.05, 4.69) is 10.0 Å². The van der Waals surface area contributed by atoms with Crippen LogP contribution in [0.3, 0.4) is 0 Å². The lowest BCUT2D eigenvalue weighted by molar-refractivity contribution is -0.118. The Kier molecular flexibility index (Phi) is 6.81. The number of amides is 1. The summed E-state index contributed by atoms with van der Waals surface area (Å²) in [6.45, 7) is 5.04. The molecule has 0 saturated heterocycles. The van der Waals surface area contributed by atoms with Gasteiger partial charge in [0.25, 0.3) is 5.91 Å². The molecule has 2 rings (SSSR count). The average molecular weight is 392 g/mol.